The summed E-state index contributed by atoms with van der Waals surface area (Å²) in [6.45, 7) is 3.19. The fourth-order valence-electron chi connectivity index (χ4n) is 1.08. The summed E-state index contributed by atoms with van der Waals surface area (Å²) in [7, 11) is 0. The molecule has 0 heterocycles. The molecule has 0 bridgehead atoms. The van der Waals surface area contributed by atoms with Gasteiger partial charge in [-0.2, -0.15) is 0 Å². The summed E-state index contributed by atoms with van der Waals surface area (Å²) in [6, 6.07) is -0.212. The molecule has 0 atom stereocenters. The van der Waals surface area contributed by atoms with Crippen LogP contribution in [0.15, 0.2) is 0 Å². The molecule has 0 aliphatic rings. The SMILES string of the molecule is CCCCCNC(=O)NCCCC(=O)O. The van der Waals surface area contributed by atoms with Crippen molar-refractivity contribution in [1.29, 1.82) is 0 Å². The van der Waals surface area contributed by atoms with Crippen molar-refractivity contribution < 1.29 is 14.7 Å². The van der Waals surface area contributed by atoms with E-state index in [0.29, 0.717) is 19.5 Å². The van der Waals surface area contributed by atoms with Crippen molar-refractivity contribution in [2.45, 2.75) is 39.0 Å². The molecule has 0 aromatic heterocycles. The number of carbonyl (C=O) groups excluding carboxylic acids is 1. The average molecular weight is 216 g/mol. The molecule has 15 heavy (non-hydrogen) atoms. The summed E-state index contributed by atoms with van der Waals surface area (Å²) >= 11 is 0. The Bertz CT molecular complexity index is 195. The number of carboxylic acids is 1. The zero-order chi connectivity index (χ0) is 11.5. The molecular formula is C10H20N2O3. The second-order valence-corrected chi connectivity index (χ2v) is 3.39. The van der Waals surface area contributed by atoms with Crippen molar-refractivity contribution in [3.8, 4) is 0 Å². The standard InChI is InChI=1S/C10H20N2O3/c1-2-3-4-7-11-10(15)12-8-5-6-9(13)14/h2-8H2,1H3,(H,13,14)(H2,11,12,15). The van der Waals surface area contributed by atoms with Crippen LogP contribution in [0.4, 0.5) is 4.79 Å². The number of rotatable bonds is 8. The number of unbranched alkanes of at least 4 members (excludes halogenated alkanes) is 2. The lowest BCUT2D eigenvalue weighted by Crippen LogP contribution is -2.36. The summed E-state index contributed by atoms with van der Waals surface area (Å²) in [4.78, 5) is 21.2. The van der Waals surface area contributed by atoms with Gasteiger partial charge in [0.15, 0.2) is 0 Å². The highest BCUT2D eigenvalue weighted by Crippen LogP contribution is 1.91. The van der Waals surface area contributed by atoms with Crippen molar-refractivity contribution in [1.82, 2.24) is 10.6 Å². The molecule has 0 saturated heterocycles. The van der Waals surface area contributed by atoms with Crippen LogP contribution in [0.25, 0.3) is 0 Å². The molecule has 0 fully saturated rings. The van der Waals surface area contributed by atoms with E-state index in [1.807, 2.05) is 0 Å². The zero-order valence-corrected chi connectivity index (χ0v) is 9.21. The molecule has 0 saturated carbocycles. The van der Waals surface area contributed by atoms with E-state index in [1.54, 1.807) is 0 Å². The van der Waals surface area contributed by atoms with Gasteiger partial charge in [-0.1, -0.05) is 19.8 Å². The Balaban J connectivity index is 3.22. The Morgan fingerprint density at radius 1 is 1.07 bits per heavy atom. The van der Waals surface area contributed by atoms with Gasteiger partial charge in [0.1, 0.15) is 0 Å². The van der Waals surface area contributed by atoms with Crippen LogP contribution in [-0.2, 0) is 4.79 Å². The van der Waals surface area contributed by atoms with Gasteiger partial charge in [-0.05, 0) is 12.8 Å². The van der Waals surface area contributed by atoms with Crippen LogP contribution in [-0.4, -0.2) is 30.2 Å². The smallest absolute Gasteiger partial charge is 0.314 e. The first-order valence-electron chi connectivity index (χ1n) is 5.40. The van der Waals surface area contributed by atoms with E-state index in [-0.39, 0.29) is 12.5 Å². The van der Waals surface area contributed by atoms with Gasteiger partial charge in [-0.25, -0.2) is 4.79 Å². The lowest BCUT2D eigenvalue weighted by atomic mass is 10.2. The van der Waals surface area contributed by atoms with Gasteiger partial charge in [-0.3, -0.25) is 4.79 Å². The highest BCUT2D eigenvalue weighted by Gasteiger charge is 1.99. The Morgan fingerprint density at radius 3 is 2.20 bits per heavy atom. The van der Waals surface area contributed by atoms with Crippen molar-refractivity contribution in [2.24, 2.45) is 0 Å². The number of hydrogen-bond acceptors (Lipinski definition) is 2. The highest BCUT2D eigenvalue weighted by atomic mass is 16.4. The van der Waals surface area contributed by atoms with E-state index in [4.69, 9.17) is 5.11 Å². The molecule has 0 radical (unpaired) electrons. The molecule has 3 N–H and O–H groups in total. The molecule has 2 amide bonds. The molecule has 88 valence electrons. The number of carbonyl (C=O) groups is 2. The van der Waals surface area contributed by atoms with Gasteiger partial charge in [0.25, 0.3) is 0 Å². The summed E-state index contributed by atoms with van der Waals surface area (Å²) in [5, 5.41) is 13.7. The van der Waals surface area contributed by atoms with E-state index in [1.165, 1.54) is 0 Å². The predicted octanol–water partition coefficient (Wildman–Crippen LogP) is 1.34. The van der Waals surface area contributed by atoms with Crippen LogP contribution in [0.3, 0.4) is 0 Å². The van der Waals surface area contributed by atoms with Gasteiger partial charge < -0.3 is 15.7 Å². The normalized spacial score (nSPS) is 9.67. The largest absolute Gasteiger partial charge is 0.481 e. The maximum absolute atomic E-state index is 11.1. The minimum Gasteiger partial charge on any atom is -0.481 e. The fourth-order valence-corrected chi connectivity index (χ4v) is 1.08. The molecule has 0 aromatic carbocycles. The van der Waals surface area contributed by atoms with Crippen molar-refractivity contribution in [2.75, 3.05) is 13.1 Å². The number of carboxylic acid groups (broad SMARTS) is 1. The molecule has 5 heteroatoms. The maximum atomic E-state index is 11.1. The molecular weight excluding hydrogens is 196 g/mol. The van der Waals surface area contributed by atoms with E-state index in [0.717, 1.165) is 19.3 Å². The van der Waals surface area contributed by atoms with E-state index in [9.17, 15) is 9.59 Å². The topological polar surface area (TPSA) is 78.4 Å². The maximum Gasteiger partial charge on any atom is 0.314 e. The Kier molecular flexibility index (Phi) is 8.52. The van der Waals surface area contributed by atoms with Gasteiger partial charge in [0.2, 0.25) is 0 Å². The lowest BCUT2D eigenvalue weighted by Gasteiger charge is -2.06. The first-order valence-corrected chi connectivity index (χ1v) is 5.40. The number of hydrogen-bond donors (Lipinski definition) is 3. The summed E-state index contributed by atoms with van der Waals surface area (Å²) in [5.74, 6) is -0.833. The third-order valence-corrected chi connectivity index (χ3v) is 1.92. The van der Waals surface area contributed by atoms with Gasteiger partial charge in [0.05, 0.1) is 0 Å². The average Bonchev–Trinajstić information content (AvgIpc) is 2.19. The molecule has 0 aliphatic carbocycles. The third-order valence-electron chi connectivity index (χ3n) is 1.92. The van der Waals surface area contributed by atoms with Crippen LogP contribution in [0, 0.1) is 0 Å². The second-order valence-electron chi connectivity index (χ2n) is 3.39. The number of urea groups is 1. The van der Waals surface area contributed by atoms with Gasteiger partial charge >= 0.3 is 12.0 Å². The second kappa shape index (κ2) is 9.30. The van der Waals surface area contributed by atoms with Crippen LogP contribution in [0.1, 0.15) is 39.0 Å². The molecule has 0 aliphatic heterocycles. The summed E-state index contributed by atoms with van der Waals surface area (Å²) < 4.78 is 0. The molecule has 0 rings (SSSR count). The van der Waals surface area contributed by atoms with Crippen molar-refractivity contribution in [3.63, 3.8) is 0 Å². The summed E-state index contributed by atoms with van der Waals surface area (Å²) in [5.41, 5.74) is 0. The monoisotopic (exact) mass is 216 g/mol. The highest BCUT2D eigenvalue weighted by molar-refractivity contribution is 5.73. The Morgan fingerprint density at radius 2 is 1.67 bits per heavy atom. The van der Waals surface area contributed by atoms with Crippen LogP contribution >= 0.6 is 0 Å². The van der Waals surface area contributed by atoms with Crippen LogP contribution < -0.4 is 10.6 Å². The number of aliphatic carboxylic acids is 1. The van der Waals surface area contributed by atoms with Gasteiger partial charge in [0, 0.05) is 19.5 Å². The van der Waals surface area contributed by atoms with Crippen LogP contribution in [0.2, 0.25) is 0 Å². The van der Waals surface area contributed by atoms with Gasteiger partial charge in [-0.15, -0.1) is 0 Å². The van der Waals surface area contributed by atoms with E-state index >= 15 is 0 Å². The predicted molar refractivity (Wildman–Crippen MR) is 57.8 cm³/mol. The Hall–Kier alpha value is -1.26. The lowest BCUT2D eigenvalue weighted by molar-refractivity contribution is -0.137. The minimum atomic E-state index is -0.833. The first-order chi connectivity index (χ1) is 7.16. The number of amides is 2. The van der Waals surface area contributed by atoms with Crippen molar-refractivity contribution in [3.05, 3.63) is 0 Å². The number of nitrogens with one attached hydrogen (secondary N) is 2. The quantitative estimate of drug-likeness (QED) is 0.536. The molecule has 5 nitrogen and oxygen atoms in total. The zero-order valence-electron chi connectivity index (χ0n) is 9.21. The molecule has 0 aromatic rings. The third kappa shape index (κ3) is 10.7. The van der Waals surface area contributed by atoms with Crippen molar-refractivity contribution >= 4 is 12.0 Å². The fraction of sp³-hybridized carbons (Fsp3) is 0.800. The Labute approximate surface area is 90.2 Å². The van der Waals surface area contributed by atoms with E-state index < -0.39 is 5.97 Å². The summed E-state index contributed by atoms with van der Waals surface area (Å²) in [6.07, 6.45) is 3.79. The van der Waals surface area contributed by atoms with E-state index in [2.05, 4.69) is 17.6 Å². The molecule has 0 unspecified atom stereocenters. The molecule has 0 spiro atoms. The minimum absolute atomic E-state index is 0.0934. The van der Waals surface area contributed by atoms with Crippen LogP contribution in [0.5, 0.6) is 0 Å². The first kappa shape index (κ1) is 13.7.